The van der Waals surface area contributed by atoms with E-state index >= 15 is 0 Å². The summed E-state index contributed by atoms with van der Waals surface area (Å²) in [4.78, 5) is 25.9. The third-order valence-electron chi connectivity index (χ3n) is 2.92. The van der Waals surface area contributed by atoms with Gasteiger partial charge in [0.2, 0.25) is 0 Å². The molecule has 6 heteroatoms. The maximum Gasteiger partial charge on any atom is 0.354 e. The number of hydrogen-bond acceptors (Lipinski definition) is 4. The van der Waals surface area contributed by atoms with Crippen LogP contribution in [0, 0.1) is 0 Å². The molecule has 2 amide bonds. The number of ether oxygens (including phenoxy) is 1. The monoisotopic (exact) mass is 266 g/mol. The van der Waals surface area contributed by atoms with Crippen LogP contribution >= 0.6 is 11.3 Å². The van der Waals surface area contributed by atoms with Crippen molar-refractivity contribution in [3.8, 4) is 0 Å². The van der Waals surface area contributed by atoms with E-state index in [1.807, 2.05) is 24.4 Å². The van der Waals surface area contributed by atoms with Gasteiger partial charge >= 0.3 is 12.0 Å². The van der Waals surface area contributed by atoms with E-state index in [0.717, 1.165) is 10.5 Å². The number of amides is 2. The van der Waals surface area contributed by atoms with Crippen molar-refractivity contribution in [3.05, 3.63) is 33.7 Å². The van der Waals surface area contributed by atoms with Gasteiger partial charge < -0.3 is 10.1 Å². The first-order chi connectivity index (χ1) is 8.56. The first-order valence-electron chi connectivity index (χ1n) is 5.43. The topological polar surface area (TPSA) is 58.6 Å². The molecule has 0 saturated heterocycles. The number of rotatable bonds is 2. The standard InChI is InChI=1S/C12H14N2O3S/c1-7-9(8-5-4-6-18-8)13-12(16)14(2)10(7)11(15)17-3/h4-6,9H,1-3H3,(H,13,16)/t9-/m0/s1. The summed E-state index contributed by atoms with van der Waals surface area (Å²) in [6, 6.07) is 3.27. The van der Waals surface area contributed by atoms with Gasteiger partial charge in [-0.2, -0.15) is 0 Å². The Balaban J connectivity index is 2.48. The number of nitrogens with one attached hydrogen (secondary N) is 1. The summed E-state index contributed by atoms with van der Waals surface area (Å²) in [6.07, 6.45) is 0. The van der Waals surface area contributed by atoms with Crippen LogP contribution in [0.1, 0.15) is 17.8 Å². The summed E-state index contributed by atoms with van der Waals surface area (Å²) in [5, 5.41) is 4.79. The van der Waals surface area contributed by atoms with Crippen molar-refractivity contribution in [2.24, 2.45) is 0 Å². The highest BCUT2D eigenvalue weighted by atomic mass is 32.1. The van der Waals surface area contributed by atoms with Crippen LogP contribution in [0.3, 0.4) is 0 Å². The lowest BCUT2D eigenvalue weighted by atomic mass is 10.0. The fraction of sp³-hybridized carbons (Fsp3) is 0.333. The summed E-state index contributed by atoms with van der Waals surface area (Å²) >= 11 is 1.54. The van der Waals surface area contributed by atoms with Crippen molar-refractivity contribution in [1.82, 2.24) is 10.2 Å². The zero-order chi connectivity index (χ0) is 13.3. The van der Waals surface area contributed by atoms with Crippen LogP contribution in [-0.2, 0) is 9.53 Å². The van der Waals surface area contributed by atoms with Gasteiger partial charge in [-0.3, -0.25) is 4.90 Å². The van der Waals surface area contributed by atoms with Gasteiger partial charge in [0, 0.05) is 11.9 Å². The average molecular weight is 266 g/mol. The minimum Gasteiger partial charge on any atom is -0.464 e. The maximum absolute atomic E-state index is 11.9. The number of carbonyl (C=O) groups is 2. The van der Waals surface area contributed by atoms with Gasteiger partial charge in [-0.15, -0.1) is 11.3 Å². The van der Waals surface area contributed by atoms with E-state index in [1.165, 1.54) is 23.3 Å². The second-order valence-corrected chi connectivity index (χ2v) is 4.96. The van der Waals surface area contributed by atoms with E-state index < -0.39 is 5.97 Å². The molecule has 0 aliphatic carbocycles. The smallest absolute Gasteiger partial charge is 0.354 e. The van der Waals surface area contributed by atoms with Gasteiger partial charge in [0.15, 0.2) is 0 Å². The van der Waals surface area contributed by atoms with Gasteiger partial charge in [-0.05, 0) is 23.9 Å². The highest BCUT2D eigenvalue weighted by Gasteiger charge is 2.34. The highest BCUT2D eigenvalue weighted by Crippen LogP contribution is 2.32. The number of urea groups is 1. The van der Waals surface area contributed by atoms with Crippen LogP contribution in [-0.4, -0.2) is 31.1 Å². The number of carbonyl (C=O) groups excluding carboxylic acids is 2. The van der Waals surface area contributed by atoms with E-state index in [4.69, 9.17) is 4.74 Å². The highest BCUT2D eigenvalue weighted by molar-refractivity contribution is 7.10. The number of methoxy groups -OCH3 is 1. The Morgan fingerprint density at radius 3 is 2.83 bits per heavy atom. The lowest BCUT2D eigenvalue weighted by Crippen LogP contribution is -2.46. The van der Waals surface area contributed by atoms with E-state index in [-0.39, 0.29) is 12.1 Å². The van der Waals surface area contributed by atoms with Gasteiger partial charge in [0.25, 0.3) is 0 Å². The number of thiophene rings is 1. The van der Waals surface area contributed by atoms with Crippen LogP contribution in [0.5, 0.6) is 0 Å². The summed E-state index contributed by atoms with van der Waals surface area (Å²) in [5.74, 6) is -0.494. The van der Waals surface area contributed by atoms with Gasteiger partial charge in [0.05, 0.1) is 13.2 Å². The molecule has 0 bridgehead atoms. The predicted octanol–water partition coefficient (Wildman–Crippen LogP) is 1.89. The number of likely N-dealkylation sites (N-methyl/N-ethyl adjacent to an activating group) is 1. The van der Waals surface area contributed by atoms with Gasteiger partial charge in [0.1, 0.15) is 5.70 Å². The minimum absolute atomic E-state index is 0.261. The lowest BCUT2D eigenvalue weighted by molar-refractivity contribution is -0.137. The molecule has 0 unspecified atom stereocenters. The molecule has 1 N–H and O–H groups in total. The Morgan fingerprint density at radius 1 is 1.56 bits per heavy atom. The molecule has 1 aromatic heterocycles. The molecule has 5 nitrogen and oxygen atoms in total. The molecular formula is C12H14N2O3S. The van der Waals surface area contributed by atoms with E-state index in [1.54, 1.807) is 7.05 Å². The molecule has 96 valence electrons. The second-order valence-electron chi connectivity index (χ2n) is 3.98. The summed E-state index contributed by atoms with van der Waals surface area (Å²) in [5.41, 5.74) is 1.09. The molecule has 0 aromatic carbocycles. The van der Waals surface area contributed by atoms with Crippen LogP contribution < -0.4 is 5.32 Å². The third kappa shape index (κ3) is 1.99. The van der Waals surface area contributed by atoms with Crippen molar-refractivity contribution in [3.63, 3.8) is 0 Å². The fourth-order valence-electron chi connectivity index (χ4n) is 1.97. The number of hydrogen-bond donors (Lipinski definition) is 1. The molecule has 1 aliphatic heterocycles. The first-order valence-corrected chi connectivity index (χ1v) is 6.31. The average Bonchev–Trinajstić information content (AvgIpc) is 2.87. The molecule has 18 heavy (non-hydrogen) atoms. The van der Waals surface area contributed by atoms with Gasteiger partial charge in [-0.1, -0.05) is 6.07 Å². The maximum atomic E-state index is 11.9. The minimum atomic E-state index is -0.494. The first kappa shape index (κ1) is 12.6. The van der Waals surface area contributed by atoms with Crippen molar-refractivity contribution in [2.45, 2.75) is 13.0 Å². The van der Waals surface area contributed by atoms with E-state index in [9.17, 15) is 9.59 Å². The van der Waals surface area contributed by atoms with E-state index in [0.29, 0.717) is 5.70 Å². The molecule has 0 saturated carbocycles. The number of esters is 1. The molecule has 2 heterocycles. The van der Waals surface area contributed by atoms with Crippen molar-refractivity contribution in [2.75, 3.05) is 14.2 Å². The Bertz CT molecular complexity index is 507. The molecule has 1 atom stereocenters. The summed E-state index contributed by atoms with van der Waals surface area (Å²) in [7, 11) is 2.86. The van der Waals surface area contributed by atoms with Crippen LogP contribution in [0.15, 0.2) is 28.8 Å². The van der Waals surface area contributed by atoms with Gasteiger partial charge in [-0.25, -0.2) is 9.59 Å². The Labute approximate surface area is 109 Å². The van der Waals surface area contributed by atoms with Crippen molar-refractivity contribution < 1.29 is 14.3 Å². The molecular weight excluding hydrogens is 252 g/mol. The zero-order valence-electron chi connectivity index (χ0n) is 10.4. The predicted molar refractivity (Wildman–Crippen MR) is 68.1 cm³/mol. The summed E-state index contributed by atoms with van der Waals surface area (Å²) < 4.78 is 4.73. The lowest BCUT2D eigenvalue weighted by Gasteiger charge is -2.32. The van der Waals surface area contributed by atoms with Crippen LogP contribution in [0.25, 0.3) is 0 Å². The SMILES string of the molecule is COC(=O)C1=C(C)[C@@H](c2cccs2)NC(=O)N1C. The van der Waals surface area contributed by atoms with Crippen molar-refractivity contribution >= 4 is 23.3 Å². The van der Waals surface area contributed by atoms with Crippen LogP contribution in [0.2, 0.25) is 0 Å². The Kier molecular flexibility index (Phi) is 3.38. The third-order valence-corrected chi connectivity index (χ3v) is 3.86. The Morgan fingerprint density at radius 2 is 2.28 bits per heavy atom. The molecule has 0 spiro atoms. The fourth-order valence-corrected chi connectivity index (χ4v) is 2.81. The number of nitrogens with zero attached hydrogens (tertiary/aromatic N) is 1. The van der Waals surface area contributed by atoms with E-state index in [2.05, 4.69) is 5.32 Å². The quantitative estimate of drug-likeness (QED) is 0.832. The summed E-state index contributed by atoms with van der Waals surface area (Å²) in [6.45, 7) is 1.83. The van der Waals surface area contributed by atoms with Crippen LogP contribution in [0.4, 0.5) is 4.79 Å². The molecule has 0 radical (unpaired) electrons. The van der Waals surface area contributed by atoms with Crippen molar-refractivity contribution in [1.29, 1.82) is 0 Å². The molecule has 1 aliphatic rings. The molecule has 2 rings (SSSR count). The second kappa shape index (κ2) is 4.81. The zero-order valence-corrected chi connectivity index (χ0v) is 11.2. The Hall–Kier alpha value is -1.82. The normalized spacial score (nSPS) is 19.8. The molecule has 0 fully saturated rings. The molecule has 1 aromatic rings. The largest absolute Gasteiger partial charge is 0.464 e.